The number of aryl methyl sites for hydroxylation is 1. The van der Waals surface area contributed by atoms with Gasteiger partial charge in [-0.3, -0.25) is 9.69 Å². The van der Waals surface area contributed by atoms with Crippen molar-refractivity contribution >= 4 is 5.69 Å². The molecule has 6 nitrogen and oxygen atoms in total. The molecule has 1 aromatic rings. The van der Waals surface area contributed by atoms with Crippen molar-refractivity contribution in [2.45, 2.75) is 13.0 Å². The molecule has 20 heavy (non-hydrogen) atoms. The van der Waals surface area contributed by atoms with E-state index >= 15 is 0 Å². The Hall–Kier alpha value is -1.37. The molecule has 1 rings (SSSR count). The van der Waals surface area contributed by atoms with Gasteiger partial charge in [0.15, 0.2) is 0 Å². The van der Waals surface area contributed by atoms with E-state index in [2.05, 4.69) is 4.90 Å². The summed E-state index contributed by atoms with van der Waals surface area (Å²) in [4.78, 5) is 13.9. The van der Waals surface area contributed by atoms with Crippen LogP contribution < -0.4 is 11.3 Å². The topological polar surface area (TPSA) is 69.7 Å². The second kappa shape index (κ2) is 9.52. The first-order valence-electron chi connectivity index (χ1n) is 6.83. The maximum absolute atomic E-state index is 11.6. The second-order valence-electron chi connectivity index (χ2n) is 4.67. The molecular formula is C14H25N3O3. The second-order valence-corrected chi connectivity index (χ2v) is 4.67. The van der Waals surface area contributed by atoms with Gasteiger partial charge in [-0.1, -0.05) is 0 Å². The maximum Gasteiger partial charge on any atom is 0.250 e. The number of methoxy groups -OCH3 is 2. The number of aromatic nitrogens is 1. The largest absolute Gasteiger partial charge is 0.398 e. The van der Waals surface area contributed by atoms with Gasteiger partial charge in [0.2, 0.25) is 0 Å². The number of hydrogen-bond donors (Lipinski definition) is 1. The number of ether oxygens (including phenoxy) is 2. The summed E-state index contributed by atoms with van der Waals surface area (Å²) >= 11 is 0. The van der Waals surface area contributed by atoms with Crippen LogP contribution in [0.2, 0.25) is 0 Å². The molecule has 0 unspecified atom stereocenters. The Balaban J connectivity index is 2.42. The summed E-state index contributed by atoms with van der Waals surface area (Å²) in [5.41, 5.74) is 6.28. The van der Waals surface area contributed by atoms with Crippen molar-refractivity contribution in [3.63, 3.8) is 0 Å². The predicted molar refractivity (Wildman–Crippen MR) is 79.9 cm³/mol. The fourth-order valence-electron chi connectivity index (χ4n) is 1.97. The highest BCUT2D eigenvalue weighted by Gasteiger charge is 2.05. The van der Waals surface area contributed by atoms with Gasteiger partial charge < -0.3 is 19.8 Å². The molecule has 1 aromatic heterocycles. The average Bonchev–Trinajstić information content (AvgIpc) is 2.45. The SMILES string of the molecule is COCCN(CCCn1cc(N)ccc1=O)CCOC. The molecular weight excluding hydrogens is 258 g/mol. The Morgan fingerprint density at radius 2 is 1.80 bits per heavy atom. The highest BCUT2D eigenvalue weighted by atomic mass is 16.5. The van der Waals surface area contributed by atoms with E-state index in [0.717, 1.165) is 26.1 Å². The normalized spacial score (nSPS) is 11.2. The number of hydrogen-bond acceptors (Lipinski definition) is 5. The summed E-state index contributed by atoms with van der Waals surface area (Å²) in [6, 6.07) is 3.13. The van der Waals surface area contributed by atoms with Gasteiger partial charge in [0.05, 0.1) is 13.2 Å². The summed E-state index contributed by atoms with van der Waals surface area (Å²) in [5, 5.41) is 0. The van der Waals surface area contributed by atoms with E-state index < -0.39 is 0 Å². The van der Waals surface area contributed by atoms with Crippen molar-refractivity contribution in [2.24, 2.45) is 0 Å². The lowest BCUT2D eigenvalue weighted by Crippen LogP contribution is -2.32. The minimum Gasteiger partial charge on any atom is -0.398 e. The molecule has 0 amide bonds. The first-order chi connectivity index (χ1) is 9.67. The van der Waals surface area contributed by atoms with Crippen LogP contribution in [0.15, 0.2) is 23.1 Å². The number of nitrogens with two attached hydrogens (primary N) is 1. The summed E-state index contributed by atoms with van der Waals surface area (Å²) in [6.45, 7) is 4.69. The molecule has 0 aliphatic rings. The minimum absolute atomic E-state index is 0.0143. The molecule has 0 fully saturated rings. The smallest absolute Gasteiger partial charge is 0.250 e. The van der Waals surface area contributed by atoms with Crippen LogP contribution in [0.1, 0.15) is 6.42 Å². The number of nitrogen functional groups attached to an aromatic ring is 1. The summed E-state index contributed by atoms with van der Waals surface area (Å²) < 4.78 is 11.8. The molecule has 114 valence electrons. The Morgan fingerprint density at radius 1 is 1.15 bits per heavy atom. The average molecular weight is 283 g/mol. The zero-order valence-corrected chi connectivity index (χ0v) is 12.4. The van der Waals surface area contributed by atoms with E-state index in [0.29, 0.717) is 25.4 Å². The van der Waals surface area contributed by atoms with E-state index in [9.17, 15) is 4.79 Å². The summed E-state index contributed by atoms with van der Waals surface area (Å²) in [7, 11) is 3.39. The fourth-order valence-corrected chi connectivity index (χ4v) is 1.97. The molecule has 0 saturated carbocycles. The third-order valence-electron chi connectivity index (χ3n) is 3.10. The van der Waals surface area contributed by atoms with Crippen LogP contribution >= 0.6 is 0 Å². The number of rotatable bonds is 10. The van der Waals surface area contributed by atoms with Crippen molar-refractivity contribution in [3.05, 3.63) is 28.7 Å². The Labute approximate surface area is 120 Å². The molecule has 0 spiro atoms. The molecule has 0 aliphatic heterocycles. The lowest BCUT2D eigenvalue weighted by Gasteiger charge is -2.21. The van der Waals surface area contributed by atoms with Gasteiger partial charge in [0.25, 0.3) is 5.56 Å². The molecule has 6 heteroatoms. The van der Waals surface area contributed by atoms with Crippen LogP contribution in [0, 0.1) is 0 Å². The third kappa shape index (κ3) is 6.18. The van der Waals surface area contributed by atoms with Gasteiger partial charge in [0, 0.05) is 58.3 Å². The lowest BCUT2D eigenvalue weighted by molar-refractivity contribution is 0.112. The molecule has 2 N–H and O–H groups in total. The minimum atomic E-state index is -0.0143. The summed E-state index contributed by atoms with van der Waals surface area (Å²) in [5.74, 6) is 0. The van der Waals surface area contributed by atoms with Gasteiger partial charge in [-0.2, -0.15) is 0 Å². The van der Waals surface area contributed by atoms with E-state index in [1.54, 1.807) is 31.0 Å². The van der Waals surface area contributed by atoms with Gasteiger partial charge in [0.1, 0.15) is 0 Å². The first kappa shape index (κ1) is 16.7. The molecule has 0 aromatic carbocycles. The number of nitrogens with zero attached hydrogens (tertiary/aromatic N) is 2. The Bertz CT molecular complexity index is 426. The predicted octanol–water partition coefficient (Wildman–Crippen LogP) is 0.415. The third-order valence-corrected chi connectivity index (χ3v) is 3.10. The lowest BCUT2D eigenvalue weighted by atomic mass is 10.3. The van der Waals surface area contributed by atoms with Crippen molar-refractivity contribution in [3.8, 4) is 0 Å². The monoisotopic (exact) mass is 283 g/mol. The first-order valence-corrected chi connectivity index (χ1v) is 6.83. The quantitative estimate of drug-likeness (QED) is 0.674. The van der Waals surface area contributed by atoms with Crippen molar-refractivity contribution < 1.29 is 9.47 Å². The highest BCUT2D eigenvalue weighted by Crippen LogP contribution is 1.99. The maximum atomic E-state index is 11.6. The number of pyridine rings is 1. The molecule has 1 heterocycles. The van der Waals surface area contributed by atoms with Crippen molar-refractivity contribution in [1.29, 1.82) is 0 Å². The Kier molecular flexibility index (Phi) is 7.94. The van der Waals surface area contributed by atoms with Gasteiger partial charge in [-0.15, -0.1) is 0 Å². The van der Waals surface area contributed by atoms with E-state index in [1.165, 1.54) is 6.07 Å². The Morgan fingerprint density at radius 3 is 2.40 bits per heavy atom. The standard InChI is InChI=1S/C14H25N3O3/c1-19-10-8-16(9-11-20-2)6-3-7-17-12-13(15)4-5-14(17)18/h4-5,12H,3,6-11,15H2,1-2H3. The van der Waals surface area contributed by atoms with Crippen LogP contribution in [0.4, 0.5) is 5.69 Å². The van der Waals surface area contributed by atoms with E-state index in [-0.39, 0.29) is 5.56 Å². The van der Waals surface area contributed by atoms with Gasteiger partial charge in [-0.05, 0) is 12.5 Å². The van der Waals surface area contributed by atoms with Crippen LogP contribution in [-0.4, -0.2) is 56.5 Å². The van der Waals surface area contributed by atoms with E-state index in [1.807, 2.05) is 0 Å². The zero-order chi connectivity index (χ0) is 14.8. The molecule has 0 aliphatic carbocycles. The molecule has 0 atom stereocenters. The zero-order valence-electron chi connectivity index (χ0n) is 12.4. The van der Waals surface area contributed by atoms with Crippen molar-refractivity contribution in [1.82, 2.24) is 9.47 Å². The van der Waals surface area contributed by atoms with E-state index in [4.69, 9.17) is 15.2 Å². The van der Waals surface area contributed by atoms with Crippen LogP contribution in [-0.2, 0) is 16.0 Å². The summed E-state index contributed by atoms with van der Waals surface area (Å²) in [6.07, 6.45) is 2.58. The fraction of sp³-hybridized carbons (Fsp3) is 0.643. The molecule has 0 radical (unpaired) electrons. The van der Waals surface area contributed by atoms with Gasteiger partial charge >= 0.3 is 0 Å². The van der Waals surface area contributed by atoms with Gasteiger partial charge in [-0.25, -0.2) is 0 Å². The molecule has 0 bridgehead atoms. The molecule has 0 saturated heterocycles. The van der Waals surface area contributed by atoms with Crippen LogP contribution in [0.3, 0.4) is 0 Å². The van der Waals surface area contributed by atoms with Crippen molar-refractivity contribution in [2.75, 3.05) is 52.8 Å². The number of anilines is 1. The highest BCUT2D eigenvalue weighted by molar-refractivity contribution is 5.33. The van der Waals surface area contributed by atoms with Crippen LogP contribution in [0.25, 0.3) is 0 Å². The van der Waals surface area contributed by atoms with Crippen LogP contribution in [0.5, 0.6) is 0 Å².